The minimum Gasteiger partial charge on any atom is -0.493 e. The minimum atomic E-state index is -0.141. The van der Waals surface area contributed by atoms with Gasteiger partial charge in [-0.3, -0.25) is 0 Å². The topological polar surface area (TPSA) is 48.4 Å². The second kappa shape index (κ2) is 5.02. The lowest BCUT2D eigenvalue weighted by Gasteiger charge is -2.14. The SMILES string of the molecule is Cc1ccoc1C(N)Cc1cc(Br)cc2c1OCC2. The second-order valence-corrected chi connectivity index (χ2v) is 5.85. The summed E-state index contributed by atoms with van der Waals surface area (Å²) in [6.07, 6.45) is 3.37. The highest BCUT2D eigenvalue weighted by Crippen LogP contribution is 2.35. The largest absolute Gasteiger partial charge is 0.493 e. The van der Waals surface area contributed by atoms with Crippen LogP contribution in [0.3, 0.4) is 0 Å². The normalized spacial score (nSPS) is 15.1. The van der Waals surface area contributed by atoms with Crippen molar-refractivity contribution >= 4 is 15.9 Å². The molecular weight excluding hydrogens is 306 g/mol. The average Bonchev–Trinajstić information content (AvgIpc) is 2.97. The van der Waals surface area contributed by atoms with Gasteiger partial charge in [-0.25, -0.2) is 0 Å². The number of rotatable bonds is 3. The molecule has 2 aromatic rings. The van der Waals surface area contributed by atoms with Crippen LogP contribution in [0.25, 0.3) is 0 Å². The summed E-state index contributed by atoms with van der Waals surface area (Å²) in [5, 5.41) is 0. The Kier molecular flexibility index (Phi) is 3.37. The molecule has 2 N–H and O–H groups in total. The van der Waals surface area contributed by atoms with E-state index in [2.05, 4.69) is 28.1 Å². The number of ether oxygens (including phenoxy) is 1. The summed E-state index contributed by atoms with van der Waals surface area (Å²) in [5.41, 5.74) is 9.75. The summed E-state index contributed by atoms with van der Waals surface area (Å²) in [6.45, 7) is 2.77. The Morgan fingerprint density at radius 1 is 1.42 bits per heavy atom. The van der Waals surface area contributed by atoms with Crippen molar-refractivity contribution in [3.63, 3.8) is 0 Å². The monoisotopic (exact) mass is 321 g/mol. The van der Waals surface area contributed by atoms with Gasteiger partial charge in [0.15, 0.2) is 0 Å². The molecule has 0 amide bonds. The van der Waals surface area contributed by atoms with Crippen molar-refractivity contribution in [3.8, 4) is 5.75 Å². The third-order valence-electron chi connectivity index (χ3n) is 3.50. The molecule has 0 bridgehead atoms. The number of benzene rings is 1. The van der Waals surface area contributed by atoms with Crippen LogP contribution in [0, 0.1) is 6.92 Å². The fraction of sp³-hybridized carbons (Fsp3) is 0.333. The molecule has 1 aliphatic heterocycles. The smallest absolute Gasteiger partial charge is 0.125 e. The Hall–Kier alpha value is -1.26. The van der Waals surface area contributed by atoms with E-state index in [-0.39, 0.29) is 6.04 Å². The molecule has 1 atom stereocenters. The van der Waals surface area contributed by atoms with Crippen LogP contribution >= 0.6 is 15.9 Å². The predicted molar refractivity (Wildman–Crippen MR) is 77.4 cm³/mol. The Balaban J connectivity index is 1.90. The van der Waals surface area contributed by atoms with Gasteiger partial charge in [-0.05, 0) is 48.2 Å². The highest BCUT2D eigenvalue weighted by Gasteiger charge is 2.21. The Morgan fingerprint density at radius 2 is 2.26 bits per heavy atom. The van der Waals surface area contributed by atoms with Crippen molar-refractivity contribution in [1.82, 2.24) is 0 Å². The Labute approximate surface area is 120 Å². The standard InChI is InChI=1S/C15H16BrNO2/c1-9-2-4-18-14(9)13(17)8-11-7-12(16)6-10-3-5-19-15(10)11/h2,4,6-7,13H,3,5,8,17H2,1H3. The Bertz CT molecular complexity index is 606. The van der Waals surface area contributed by atoms with Crippen molar-refractivity contribution in [1.29, 1.82) is 0 Å². The zero-order valence-electron chi connectivity index (χ0n) is 10.8. The lowest BCUT2D eigenvalue weighted by atomic mass is 9.99. The first-order valence-electron chi connectivity index (χ1n) is 6.39. The van der Waals surface area contributed by atoms with E-state index in [9.17, 15) is 0 Å². The van der Waals surface area contributed by atoms with E-state index in [0.29, 0.717) is 0 Å². The molecule has 0 radical (unpaired) electrons. The van der Waals surface area contributed by atoms with E-state index in [1.54, 1.807) is 6.26 Å². The second-order valence-electron chi connectivity index (χ2n) is 4.93. The van der Waals surface area contributed by atoms with Crippen LogP contribution in [0.2, 0.25) is 0 Å². The Morgan fingerprint density at radius 3 is 3.00 bits per heavy atom. The summed E-state index contributed by atoms with van der Waals surface area (Å²) in [4.78, 5) is 0. The summed E-state index contributed by atoms with van der Waals surface area (Å²) in [7, 11) is 0. The summed E-state index contributed by atoms with van der Waals surface area (Å²) < 4.78 is 12.3. The van der Waals surface area contributed by atoms with Gasteiger partial charge in [0.1, 0.15) is 11.5 Å². The number of hydrogen-bond donors (Lipinski definition) is 1. The fourth-order valence-corrected chi connectivity index (χ4v) is 3.14. The maximum absolute atomic E-state index is 6.25. The van der Waals surface area contributed by atoms with Crippen LogP contribution in [-0.4, -0.2) is 6.61 Å². The van der Waals surface area contributed by atoms with E-state index in [1.807, 2.05) is 13.0 Å². The van der Waals surface area contributed by atoms with Gasteiger partial charge in [0.2, 0.25) is 0 Å². The molecule has 0 saturated heterocycles. The third kappa shape index (κ3) is 2.42. The van der Waals surface area contributed by atoms with Crippen molar-refractivity contribution < 1.29 is 9.15 Å². The predicted octanol–water partition coefficient (Wildman–Crippen LogP) is 3.53. The molecule has 0 aliphatic carbocycles. The maximum atomic E-state index is 6.25. The third-order valence-corrected chi connectivity index (χ3v) is 3.96. The molecule has 3 nitrogen and oxygen atoms in total. The van der Waals surface area contributed by atoms with Gasteiger partial charge < -0.3 is 14.9 Å². The molecule has 2 heterocycles. The van der Waals surface area contributed by atoms with Gasteiger partial charge in [-0.2, -0.15) is 0 Å². The van der Waals surface area contributed by atoms with E-state index in [4.69, 9.17) is 14.9 Å². The molecule has 1 unspecified atom stereocenters. The van der Waals surface area contributed by atoms with E-state index in [0.717, 1.165) is 46.6 Å². The molecule has 0 fully saturated rings. The van der Waals surface area contributed by atoms with Gasteiger partial charge >= 0.3 is 0 Å². The lowest BCUT2D eigenvalue weighted by Crippen LogP contribution is -2.14. The van der Waals surface area contributed by atoms with Crippen molar-refractivity contribution in [3.05, 3.63) is 51.4 Å². The van der Waals surface area contributed by atoms with Gasteiger partial charge in [-0.1, -0.05) is 15.9 Å². The molecule has 19 heavy (non-hydrogen) atoms. The molecule has 0 saturated carbocycles. The number of furan rings is 1. The zero-order chi connectivity index (χ0) is 13.4. The molecule has 1 aromatic carbocycles. The van der Waals surface area contributed by atoms with E-state index < -0.39 is 0 Å². The van der Waals surface area contributed by atoms with Crippen LogP contribution in [-0.2, 0) is 12.8 Å². The summed E-state index contributed by atoms with van der Waals surface area (Å²) in [6, 6.07) is 6.01. The number of nitrogens with two attached hydrogens (primary N) is 1. The van der Waals surface area contributed by atoms with Crippen LogP contribution in [0.15, 0.2) is 33.4 Å². The highest BCUT2D eigenvalue weighted by atomic mass is 79.9. The number of fused-ring (bicyclic) bond motifs is 1. The van der Waals surface area contributed by atoms with E-state index >= 15 is 0 Å². The highest BCUT2D eigenvalue weighted by molar-refractivity contribution is 9.10. The molecule has 1 aromatic heterocycles. The van der Waals surface area contributed by atoms with Crippen LogP contribution in [0.1, 0.15) is 28.5 Å². The number of halogens is 1. The minimum absolute atomic E-state index is 0.141. The van der Waals surface area contributed by atoms with Gasteiger partial charge in [0, 0.05) is 10.9 Å². The lowest BCUT2D eigenvalue weighted by molar-refractivity contribution is 0.351. The van der Waals surface area contributed by atoms with Gasteiger partial charge in [0.05, 0.1) is 18.9 Å². The number of aryl methyl sites for hydroxylation is 1. The maximum Gasteiger partial charge on any atom is 0.125 e. The van der Waals surface area contributed by atoms with Crippen molar-refractivity contribution in [2.24, 2.45) is 5.73 Å². The van der Waals surface area contributed by atoms with Gasteiger partial charge in [0.25, 0.3) is 0 Å². The molecule has 100 valence electrons. The zero-order valence-corrected chi connectivity index (χ0v) is 12.4. The van der Waals surface area contributed by atoms with Crippen LogP contribution < -0.4 is 10.5 Å². The first-order valence-corrected chi connectivity index (χ1v) is 7.18. The van der Waals surface area contributed by atoms with Crippen molar-refractivity contribution in [2.75, 3.05) is 6.61 Å². The van der Waals surface area contributed by atoms with Gasteiger partial charge in [-0.15, -0.1) is 0 Å². The fourth-order valence-electron chi connectivity index (χ4n) is 2.59. The first-order chi connectivity index (χ1) is 9.15. The van der Waals surface area contributed by atoms with E-state index in [1.165, 1.54) is 5.56 Å². The van der Waals surface area contributed by atoms with Crippen LogP contribution in [0.5, 0.6) is 5.75 Å². The molecule has 4 heteroatoms. The molecule has 1 aliphatic rings. The van der Waals surface area contributed by atoms with Crippen molar-refractivity contribution in [2.45, 2.75) is 25.8 Å². The quantitative estimate of drug-likeness (QED) is 0.940. The molecule has 0 spiro atoms. The van der Waals surface area contributed by atoms with Crippen LogP contribution in [0.4, 0.5) is 0 Å². The first kappa shape index (κ1) is 12.8. The average molecular weight is 322 g/mol. The summed E-state index contributed by atoms with van der Waals surface area (Å²) >= 11 is 3.55. The molecule has 3 rings (SSSR count). The number of hydrogen-bond acceptors (Lipinski definition) is 3. The summed E-state index contributed by atoms with van der Waals surface area (Å²) in [5.74, 6) is 1.86. The molecular formula is C15H16BrNO2.